The molecular weight excluding hydrogens is 381 g/mol. The van der Waals surface area contributed by atoms with Crippen LogP contribution >= 0.6 is 0 Å². The lowest BCUT2D eigenvalue weighted by molar-refractivity contribution is -0.918. The summed E-state index contributed by atoms with van der Waals surface area (Å²) < 4.78 is 45.7. The minimum atomic E-state index is -3.59. The third-order valence-corrected chi connectivity index (χ3v) is 6.81. The zero-order valence-corrected chi connectivity index (χ0v) is 16.0. The number of quaternary nitrogens is 1. The molecule has 0 atom stereocenters. The number of halogens is 1. The summed E-state index contributed by atoms with van der Waals surface area (Å²) in [7, 11) is -3.59. The quantitative estimate of drug-likeness (QED) is 0.704. The van der Waals surface area contributed by atoms with Crippen molar-refractivity contribution in [1.82, 2.24) is 9.29 Å². The van der Waals surface area contributed by atoms with Gasteiger partial charge in [-0.05, 0) is 24.3 Å². The van der Waals surface area contributed by atoms with Crippen molar-refractivity contribution in [3.8, 4) is 11.3 Å². The van der Waals surface area contributed by atoms with E-state index in [-0.39, 0.29) is 4.90 Å². The van der Waals surface area contributed by atoms with E-state index in [0.717, 1.165) is 11.3 Å². The fourth-order valence-electron chi connectivity index (χ4n) is 3.32. The molecule has 2 heterocycles. The summed E-state index contributed by atoms with van der Waals surface area (Å²) in [4.78, 5) is 5.69. The van der Waals surface area contributed by atoms with Gasteiger partial charge in [-0.25, -0.2) is 17.8 Å². The first kappa shape index (κ1) is 18.8. The molecule has 6 nitrogen and oxygen atoms in total. The number of aromatic nitrogens is 1. The van der Waals surface area contributed by atoms with Gasteiger partial charge < -0.3 is 9.32 Å². The van der Waals surface area contributed by atoms with Crippen LogP contribution in [0.5, 0.6) is 0 Å². The van der Waals surface area contributed by atoms with Crippen LogP contribution < -0.4 is 4.90 Å². The molecule has 0 unspecified atom stereocenters. The van der Waals surface area contributed by atoms with E-state index in [1.807, 2.05) is 30.3 Å². The second-order valence-corrected chi connectivity index (χ2v) is 8.71. The van der Waals surface area contributed by atoms with Crippen molar-refractivity contribution in [3.63, 3.8) is 0 Å². The Hall–Kier alpha value is -2.55. The molecule has 1 aromatic heterocycles. The number of sulfonamides is 1. The SMILES string of the molecule is O=S(=O)(c1ccc(F)cc1)N1CC[NH+](Cc2ncc(-c3ccccc3)o2)CC1. The number of oxazole rings is 1. The zero-order chi connectivity index (χ0) is 19.6. The van der Waals surface area contributed by atoms with Crippen molar-refractivity contribution in [3.05, 3.63) is 72.5 Å². The molecule has 0 aliphatic carbocycles. The maximum Gasteiger partial charge on any atom is 0.250 e. The summed E-state index contributed by atoms with van der Waals surface area (Å²) in [6.07, 6.45) is 1.72. The van der Waals surface area contributed by atoms with Crippen LogP contribution in [0.25, 0.3) is 11.3 Å². The predicted octanol–water partition coefficient (Wildman–Crippen LogP) is 1.57. The number of hydrogen-bond donors (Lipinski definition) is 1. The molecule has 1 N–H and O–H groups in total. The highest BCUT2D eigenvalue weighted by Crippen LogP contribution is 2.19. The van der Waals surface area contributed by atoms with E-state index >= 15 is 0 Å². The summed E-state index contributed by atoms with van der Waals surface area (Å²) in [6.45, 7) is 2.73. The number of benzene rings is 2. The fraction of sp³-hybridized carbons (Fsp3) is 0.250. The summed E-state index contributed by atoms with van der Waals surface area (Å²) >= 11 is 0. The van der Waals surface area contributed by atoms with Gasteiger partial charge in [-0.1, -0.05) is 30.3 Å². The van der Waals surface area contributed by atoms with E-state index in [0.29, 0.717) is 38.6 Å². The molecule has 146 valence electrons. The first-order valence-electron chi connectivity index (χ1n) is 9.12. The number of piperazine rings is 1. The number of nitrogens with one attached hydrogen (secondary N) is 1. The van der Waals surface area contributed by atoms with E-state index in [4.69, 9.17) is 4.42 Å². The zero-order valence-electron chi connectivity index (χ0n) is 15.2. The largest absolute Gasteiger partial charge is 0.435 e. The maximum absolute atomic E-state index is 13.1. The summed E-state index contributed by atoms with van der Waals surface area (Å²) in [5.74, 6) is 0.922. The van der Waals surface area contributed by atoms with Crippen molar-refractivity contribution in [1.29, 1.82) is 0 Å². The van der Waals surface area contributed by atoms with E-state index < -0.39 is 15.8 Å². The smallest absolute Gasteiger partial charge is 0.250 e. The third-order valence-electron chi connectivity index (χ3n) is 4.89. The molecule has 4 rings (SSSR count). The lowest BCUT2D eigenvalue weighted by Crippen LogP contribution is -3.13. The van der Waals surface area contributed by atoms with Crippen LogP contribution in [-0.2, 0) is 16.6 Å². The normalized spacial score (nSPS) is 16.3. The van der Waals surface area contributed by atoms with Gasteiger partial charge in [0.05, 0.1) is 37.3 Å². The second-order valence-electron chi connectivity index (χ2n) is 6.77. The van der Waals surface area contributed by atoms with Gasteiger partial charge in [0, 0.05) is 5.56 Å². The van der Waals surface area contributed by atoms with Crippen LogP contribution in [0.3, 0.4) is 0 Å². The van der Waals surface area contributed by atoms with Crippen molar-refractivity contribution in [2.45, 2.75) is 11.4 Å². The minimum absolute atomic E-state index is 0.123. The molecule has 1 saturated heterocycles. The molecule has 0 radical (unpaired) electrons. The Morgan fingerprint density at radius 1 is 1.04 bits per heavy atom. The van der Waals surface area contributed by atoms with Crippen molar-refractivity contribution >= 4 is 10.0 Å². The molecule has 0 spiro atoms. The van der Waals surface area contributed by atoms with Gasteiger partial charge in [0.1, 0.15) is 5.82 Å². The molecule has 0 bridgehead atoms. The molecule has 28 heavy (non-hydrogen) atoms. The molecule has 3 aromatic rings. The highest BCUT2D eigenvalue weighted by atomic mass is 32.2. The number of rotatable bonds is 5. The first-order chi connectivity index (χ1) is 13.5. The summed E-state index contributed by atoms with van der Waals surface area (Å²) in [6, 6.07) is 14.7. The average molecular weight is 402 g/mol. The Kier molecular flexibility index (Phi) is 5.25. The van der Waals surface area contributed by atoms with Gasteiger partial charge in [-0.3, -0.25) is 0 Å². The molecular formula is C20H21FN3O3S+. The van der Waals surface area contributed by atoms with Gasteiger partial charge in [-0.2, -0.15) is 4.31 Å². The number of nitrogens with zero attached hydrogens (tertiary/aromatic N) is 2. The Labute approximate surface area is 163 Å². The lowest BCUT2D eigenvalue weighted by Gasteiger charge is -2.30. The molecule has 8 heteroatoms. The molecule has 2 aromatic carbocycles. The molecule has 1 aliphatic rings. The van der Waals surface area contributed by atoms with E-state index in [2.05, 4.69) is 4.98 Å². The maximum atomic E-state index is 13.1. The third kappa shape index (κ3) is 3.99. The van der Waals surface area contributed by atoms with Crippen LogP contribution in [0.15, 0.2) is 70.1 Å². The van der Waals surface area contributed by atoms with E-state index in [9.17, 15) is 12.8 Å². The van der Waals surface area contributed by atoms with Gasteiger partial charge in [0.25, 0.3) is 5.89 Å². The van der Waals surface area contributed by atoms with Gasteiger partial charge >= 0.3 is 0 Å². The van der Waals surface area contributed by atoms with Crippen molar-refractivity contribution in [2.24, 2.45) is 0 Å². The number of hydrogen-bond acceptors (Lipinski definition) is 4. The van der Waals surface area contributed by atoms with Gasteiger partial charge in [0.2, 0.25) is 10.0 Å². The Morgan fingerprint density at radius 3 is 2.39 bits per heavy atom. The fourth-order valence-corrected chi connectivity index (χ4v) is 4.76. The van der Waals surface area contributed by atoms with Gasteiger partial charge in [0.15, 0.2) is 12.3 Å². The Bertz CT molecular complexity index is 1030. The minimum Gasteiger partial charge on any atom is -0.435 e. The lowest BCUT2D eigenvalue weighted by atomic mass is 10.2. The molecule has 1 aliphatic heterocycles. The standard InChI is InChI=1S/C20H20FN3O3S/c21-17-6-8-18(9-7-17)28(25,26)24-12-10-23(11-13-24)15-20-22-14-19(27-20)16-4-2-1-3-5-16/h1-9,14H,10-13,15H2/p+1. The molecule has 0 saturated carbocycles. The molecule has 0 amide bonds. The van der Waals surface area contributed by atoms with Gasteiger partial charge in [-0.15, -0.1) is 0 Å². The van der Waals surface area contributed by atoms with E-state index in [1.54, 1.807) is 6.20 Å². The summed E-state index contributed by atoms with van der Waals surface area (Å²) in [5, 5.41) is 0. The van der Waals surface area contributed by atoms with Crippen LogP contribution in [0, 0.1) is 5.82 Å². The summed E-state index contributed by atoms with van der Waals surface area (Å²) in [5.41, 5.74) is 0.978. The monoisotopic (exact) mass is 402 g/mol. The highest BCUT2D eigenvalue weighted by molar-refractivity contribution is 7.89. The van der Waals surface area contributed by atoms with Crippen LogP contribution in [-0.4, -0.2) is 43.9 Å². The van der Waals surface area contributed by atoms with Crippen molar-refractivity contribution < 1.29 is 22.1 Å². The van der Waals surface area contributed by atoms with E-state index in [1.165, 1.54) is 33.5 Å². The average Bonchev–Trinajstić information content (AvgIpc) is 3.18. The topological polar surface area (TPSA) is 67.8 Å². The predicted molar refractivity (Wildman–Crippen MR) is 101 cm³/mol. The first-order valence-corrected chi connectivity index (χ1v) is 10.6. The van der Waals surface area contributed by atoms with Crippen molar-refractivity contribution in [2.75, 3.05) is 26.2 Å². The van der Waals surface area contributed by atoms with Crippen LogP contribution in [0.1, 0.15) is 5.89 Å². The highest BCUT2D eigenvalue weighted by Gasteiger charge is 2.31. The Morgan fingerprint density at radius 2 is 1.71 bits per heavy atom. The molecule has 1 fully saturated rings. The Balaban J connectivity index is 1.37. The van der Waals surface area contributed by atoms with Crippen LogP contribution in [0.4, 0.5) is 4.39 Å². The van der Waals surface area contributed by atoms with Crippen LogP contribution in [0.2, 0.25) is 0 Å². The second kappa shape index (κ2) is 7.83.